The van der Waals surface area contributed by atoms with Crippen LogP contribution in [0.3, 0.4) is 0 Å². The van der Waals surface area contributed by atoms with E-state index in [0.717, 1.165) is 12.8 Å². The van der Waals surface area contributed by atoms with Gasteiger partial charge in [-0.25, -0.2) is 8.42 Å². The van der Waals surface area contributed by atoms with Crippen molar-refractivity contribution in [2.75, 3.05) is 11.5 Å². The third kappa shape index (κ3) is 3.07. The monoisotopic (exact) mass is 352 g/mol. The summed E-state index contributed by atoms with van der Waals surface area (Å²) in [6.07, 6.45) is 1.66. The van der Waals surface area contributed by atoms with E-state index < -0.39 is 9.84 Å². The molecule has 2 nitrogen and oxygen atoms in total. The molecule has 2 atom stereocenters. The molecular formula is C16H17BrO2S. The van der Waals surface area contributed by atoms with Gasteiger partial charge in [-0.2, -0.15) is 0 Å². The first-order chi connectivity index (χ1) is 9.53. The van der Waals surface area contributed by atoms with Crippen LogP contribution in [-0.4, -0.2) is 24.8 Å². The van der Waals surface area contributed by atoms with Crippen molar-refractivity contribution < 1.29 is 8.42 Å². The molecule has 0 radical (unpaired) electrons. The highest BCUT2D eigenvalue weighted by molar-refractivity contribution is 9.09. The quantitative estimate of drug-likeness (QED) is 0.791. The molecule has 0 N–H and O–H groups in total. The van der Waals surface area contributed by atoms with Gasteiger partial charge in [0, 0.05) is 4.83 Å². The number of rotatable bonds is 3. The van der Waals surface area contributed by atoms with E-state index in [9.17, 15) is 8.42 Å². The van der Waals surface area contributed by atoms with Crippen LogP contribution < -0.4 is 0 Å². The van der Waals surface area contributed by atoms with Crippen LogP contribution in [0.5, 0.6) is 0 Å². The summed E-state index contributed by atoms with van der Waals surface area (Å²) < 4.78 is 23.1. The minimum Gasteiger partial charge on any atom is -0.229 e. The molecular weight excluding hydrogens is 336 g/mol. The number of fused-ring (bicyclic) bond motifs is 1. The Morgan fingerprint density at radius 3 is 2.60 bits per heavy atom. The van der Waals surface area contributed by atoms with Crippen LogP contribution >= 0.6 is 15.9 Å². The van der Waals surface area contributed by atoms with Gasteiger partial charge in [0.1, 0.15) is 0 Å². The maximum absolute atomic E-state index is 11.6. The Balaban J connectivity index is 1.76. The first kappa shape index (κ1) is 14.1. The molecule has 0 bridgehead atoms. The van der Waals surface area contributed by atoms with Crippen molar-refractivity contribution in [3.8, 4) is 0 Å². The van der Waals surface area contributed by atoms with Crippen molar-refractivity contribution in [3.05, 3.63) is 48.0 Å². The van der Waals surface area contributed by atoms with E-state index in [1.54, 1.807) is 0 Å². The lowest BCUT2D eigenvalue weighted by molar-refractivity contribution is 0.563. The van der Waals surface area contributed by atoms with Crippen molar-refractivity contribution in [2.24, 2.45) is 5.92 Å². The lowest BCUT2D eigenvalue weighted by atomic mass is 9.97. The molecule has 0 spiro atoms. The Morgan fingerprint density at radius 1 is 1.15 bits per heavy atom. The number of alkyl halides is 1. The van der Waals surface area contributed by atoms with Gasteiger partial charge in [0.15, 0.2) is 9.84 Å². The van der Waals surface area contributed by atoms with Crippen molar-refractivity contribution in [1.82, 2.24) is 0 Å². The standard InChI is InChI=1S/C16H17BrO2S/c17-16(15-7-8-20(18,19)11-15)10-12-5-6-13-3-1-2-4-14(13)9-12/h1-6,9,15-16H,7-8,10-11H2. The number of hydrogen-bond donors (Lipinski definition) is 0. The van der Waals surface area contributed by atoms with Gasteiger partial charge in [-0.1, -0.05) is 58.4 Å². The molecule has 20 heavy (non-hydrogen) atoms. The van der Waals surface area contributed by atoms with Crippen LogP contribution in [0.25, 0.3) is 10.8 Å². The molecule has 2 aromatic rings. The van der Waals surface area contributed by atoms with Gasteiger partial charge in [0.05, 0.1) is 11.5 Å². The van der Waals surface area contributed by atoms with E-state index >= 15 is 0 Å². The van der Waals surface area contributed by atoms with Crippen LogP contribution in [0.15, 0.2) is 42.5 Å². The first-order valence-electron chi connectivity index (χ1n) is 6.86. The maximum atomic E-state index is 11.6. The molecule has 3 rings (SSSR count). The van der Waals surface area contributed by atoms with Crippen LogP contribution in [0, 0.1) is 5.92 Å². The largest absolute Gasteiger partial charge is 0.229 e. The zero-order chi connectivity index (χ0) is 14.2. The van der Waals surface area contributed by atoms with E-state index in [0.29, 0.717) is 11.5 Å². The van der Waals surface area contributed by atoms with E-state index in [2.05, 4.69) is 46.3 Å². The summed E-state index contributed by atoms with van der Waals surface area (Å²) >= 11 is 3.69. The Labute approximate surface area is 128 Å². The number of halogens is 1. The van der Waals surface area contributed by atoms with Crippen LogP contribution in [0.1, 0.15) is 12.0 Å². The number of benzene rings is 2. The van der Waals surface area contributed by atoms with Crippen LogP contribution in [0.4, 0.5) is 0 Å². The van der Waals surface area contributed by atoms with Gasteiger partial charge in [0.25, 0.3) is 0 Å². The highest BCUT2D eigenvalue weighted by atomic mass is 79.9. The summed E-state index contributed by atoms with van der Waals surface area (Å²) in [6, 6.07) is 14.8. The molecule has 1 heterocycles. The summed E-state index contributed by atoms with van der Waals surface area (Å²) in [5, 5.41) is 2.48. The second-order valence-corrected chi connectivity index (χ2v) is 8.97. The Kier molecular flexibility index (Phi) is 3.87. The lowest BCUT2D eigenvalue weighted by Gasteiger charge is -2.16. The average Bonchev–Trinajstić information content (AvgIpc) is 2.79. The maximum Gasteiger partial charge on any atom is 0.150 e. The molecule has 4 heteroatoms. The Bertz CT molecular complexity index is 724. The molecule has 106 valence electrons. The molecule has 0 aliphatic carbocycles. The van der Waals surface area contributed by atoms with Crippen LogP contribution in [-0.2, 0) is 16.3 Å². The fourth-order valence-electron chi connectivity index (χ4n) is 2.87. The molecule has 0 aromatic heterocycles. The van der Waals surface area contributed by atoms with E-state index in [1.807, 2.05) is 12.1 Å². The van der Waals surface area contributed by atoms with Gasteiger partial charge in [-0.15, -0.1) is 0 Å². The minimum atomic E-state index is -2.80. The summed E-state index contributed by atoms with van der Waals surface area (Å²) in [7, 11) is -2.80. The highest BCUT2D eigenvalue weighted by Gasteiger charge is 2.32. The first-order valence-corrected chi connectivity index (χ1v) is 9.59. The second kappa shape index (κ2) is 5.49. The summed E-state index contributed by atoms with van der Waals surface area (Å²) in [5.74, 6) is 0.917. The van der Waals surface area contributed by atoms with Crippen molar-refractivity contribution >= 4 is 36.5 Å². The third-order valence-corrected chi connectivity index (χ3v) is 6.89. The molecule has 1 aliphatic heterocycles. The lowest BCUT2D eigenvalue weighted by Crippen LogP contribution is -2.18. The fraction of sp³-hybridized carbons (Fsp3) is 0.375. The topological polar surface area (TPSA) is 34.1 Å². The molecule has 2 aromatic carbocycles. The molecule has 1 aliphatic rings. The van der Waals surface area contributed by atoms with Gasteiger partial charge < -0.3 is 0 Å². The molecule has 0 saturated carbocycles. The van der Waals surface area contributed by atoms with E-state index in [4.69, 9.17) is 0 Å². The normalized spacial score (nSPS) is 22.9. The summed E-state index contributed by atoms with van der Waals surface area (Å²) in [6.45, 7) is 0. The van der Waals surface area contributed by atoms with Crippen LogP contribution in [0.2, 0.25) is 0 Å². The second-order valence-electron chi connectivity index (χ2n) is 5.56. The zero-order valence-electron chi connectivity index (χ0n) is 11.1. The average molecular weight is 353 g/mol. The van der Waals surface area contributed by atoms with Gasteiger partial charge in [0.2, 0.25) is 0 Å². The predicted octanol–water partition coefficient (Wildman–Crippen LogP) is 3.58. The highest BCUT2D eigenvalue weighted by Crippen LogP contribution is 2.29. The van der Waals surface area contributed by atoms with Gasteiger partial charge in [-0.3, -0.25) is 0 Å². The minimum absolute atomic E-state index is 0.237. The SMILES string of the molecule is O=S1(=O)CCC(C(Br)Cc2ccc3ccccc3c2)C1. The third-order valence-electron chi connectivity index (χ3n) is 4.02. The van der Waals surface area contributed by atoms with Crippen molar-refractivity contribution in [1.29, 1.82) is 0 Å². The van der Waals surface area contributed by atoms with E-state index in [1.165, 1.54) is 16.3 Å². The van der Waals surface area contributed by atoms with Gasteiger partial charge >= 0.3 is 0 Å². The molecule has 2 unspecified atom stereocenters. The van der Waals surface area contributed by atoms with Crippen molar-refractivity contribution in [2.45, 2.75) is 17.7 Å². The summed E-state index contributed by atoms with van der Waals surface area (Å²) in [4.78, 5) is 0.237. The fourth-order valence-corrected chi connectivity index (χ4v) is 5.82. The molecule has 1 fully saturated rings. The Hall–Kier alpha value is -0.870. The number of hydrogen-bond acceptors (Lipinski definition) is 2. The predicted molar refractivity (Wildman–Crippen MR) is 87.1 cm³/mol. The Morgan fingerprint density at radius 2 is 1.90 bits per heavy atom. The molecule has 0 amide bonds. The zero-order valence-corrected chi connectivity index (χ0v) is 13.5. The van der Waals surface area contributed by atoms with Crippen molar-refractivity contribution in [3.63, 3.8) is 0 Å². The summed E-state index contributed by atoms with van der Waals surface area (Å²) in [5.41, 5.74) is 1.26. The van der Waals surface area contributed by atoms with Gasteiger partial charge in [-0.05, 0) is 35.1 Å². The number of sulfone groups is 1. The molecule has 1 saturated heterocycles. The van der Waals surface area contributed by atoms with E-state index in [-0.39, 0.29) is 10.7 Å². The smallest absolute Gasteiger partial charge is 0.150 e.